The third kappa shape index (κ3) is 4.01. The van der Waals surface area contributed by atoms with Gasteiger partial charge in [0.25, 0.3) is 5.92 Å². The smallest absolute Gasteiger partial charge is 0.335 e. The van der Waals surface area contributed by atoms with Crippen molar-refractivity contribution in [1.82, 2.24) is 4.72 Å². The van der Waals surface area contributed by atoms with Gasteiger partial charge in [0.05, 0.1) is 23.3 Å². The van der Waals surface area contributed by atoms with Gasteiger partial charge in [-0.15, -0.1) is 0 Å². The maximum atomic E-state index is 13.7. The van der Waals surface area contributed by atoms with E-state index >= 15 is 0 Å². The van der Waals surface area contributed by atoms with E-state index in [0.29, 0.717) is 12.7 Å². The Kier molecular flexibility index (Phi) is 4.79. The number of furan rings is 1. The molecule has 144 valence electrons. The second-order valence-electron chi connectivity index (χ2n) is 5.96. The fraction of sp³-hybridized carbons (Fsp3) is 0.235. The summed E-state index contributed by atoms with van der Waals surface area (Å²) in [6.07, 6.45) is 0.425. The predicted octanol–water partition coefficient (Wildman–Crippen LogP) is 2.64. The average molecular weight is 399 g/mol. The van der Waals surface area contributed by atoms with Gasteiger partial charge in [0.2, 0.25) is 10.0 Å². The van der Waals surface area contributed by atoms with Crippen LogP contribution in [0.2, 0.25) is 0 Å². The van der Waals surface area contributed by atoms with Gasteiger partial charge in [0.1, 0.15) is 11.5 Å². The first-order valence-electron chi connectivity index (χ1n) is 7.73. The number of carbonyl (C=O) groups is 1. The Morgan fingerprint density at radius 2 is 2.07 bits per heavy atom. The zero-order valence-corrected chi connectivity index (χ0v) is 14.8. The minimum atomic E-state index is -3.94. The van der Waals surface area contributed by atoms with Crippen molar-refractivity contribution in [2.45, 2.75) is 30.4 Å². The third-order valence-electron chi connectivity index (χ3n) is 3.85. The number of hydrogen-bond donors (Lipinski definition) is 2. The van der Waals surface area contributed by atoms with Crippen LogP contribution in [-0.2, 0) is 21.4 Å². The number of halogens is 2. The molecule has 0 amide bonds. The van der Waals surface area contributed by atoms with Crippen molar-refractivity contribution in [3.05, 3.63) is 53.5 Å². The van der Waals surface area contributed by atoms with Gasteiger partial charge in [-0.25, -0.2) is 26.7 Å². The first-order chi connectivity index (χ1) is 12.6. The molecular weight excluding hydrogens is 384 g/mol. The van der Waals surface area contributed by atoms with Crippen LogP contribution in [0.5, 0.6) is 5.75 Å². The molecule has 1 aromatic heterocycles. The first-order valence-corrected chi connectivity index (χ1v) is 9.22. The Hall–Kier alpha value is -2.72. The molecule has 10 heteroatoms. The second-order valence-corrected chi connectivity index (χ2v) is 7.73. The molecule has 0 radical (unpaired) electrons. The van der Waals surface area contributed by atoms with Crippen LogP contribution >= 0.6 is 0 Å². The summed E-state index contributed by atoms with van der Waals surface area (Å²) in [5, 5.41) is 9.19. The number of ether oxygens (including phenoxy) is 1. The lowest BCUT2D eigenvalue weighted by molar-refractivity contribution is -0.137. The summed E-state index contributed by atoms with van der Waals surface area (Å²) in [6.45, 7) is 0.472. The van der Waals surface area contributed by atoms with Crippen molar-refractivity contribution in [2.24, 2.45) is 0 Å². The summed E-state index contributed by atoms with van der Waals surface area (Å²) in [5.41, 5.74) is -0.582. The van der Waals surface area contributed by atoms with Gasteiger partial charge in [-0.2, -0.15) is 0 Å². The lowest BCUT2D eigenvalue weighted by atomic mass is 9.98. The summed E-state index contributed by atoms with van der Waals surface area (Å²) in [7, 11) is -3.94. The van der Waals surface area contributed by atoms with E-state index in [2.05, 4.69) is 4.72 Å². The molecule has 0 spiro atoms. The lowest BCUT2D eigenvalue weighted by Gasteiger charge is -2.29. The molecule has 0 fully saturated rings. The standard InChI is InChI=1S/C17H15F2NO6S/c1-17(18,19)15-13(16(21)22)8-10-7-12(4-5-14(10)26-15)27(23,24)20-9-11-3-2-6-25-11/h2-8,15,20H,9H2,1H3,(H,21,22). The van der Waals surface area contributed by atoms with Crippen LogP contribution < -0.4 is 9.46 Å². The number of carboxylic acid groups (broad SMARTS) is 1. The van der Waals surface area contributed by atoms with E-state index in [0.717, 1.165) is 12.1 Å². The number of aliphatic carboxylic acids is 1. The SMILES string of the molecule is CC(F)(F)C1Oc2ccc(S(=O)(=O)NCc3ccco3)cc2C=C1C(=O)O. The van der Waals surface area contributed by atoms with Crippen molar-refractivity contribution < 1.29 is 36.3 Å². The fourth-order valence-corrected chi connectivity index (χ4v) is 3.59. The number of rotatable bonds is 6. The largest absolute Gasteiger partial charge is 0.478 e. The van der Waals surface area contributed by atoms with Gasteiger partial charge < -0.3 is 14.3 Å². The minimum Gasteiger partial charge on any atom is -0.478 e. The highest BCUT2D eigenvalue weighted by Crippen LogP contribution is 2.37. The van der Waals surface area contributed by atoms with Crippen molar-refractivity contribution in [1.29, 1.82) is 0 Å². The molecule has 0 saturated heterocycles. The van der Waals surface area contributed by atoms with Crippen LogP contribution in [0.25, 0.3) is 6.08 Å². The van der Waals surface area contributed by atoms with Gasteiger partial charge in [0, 0.05) is 12.5 Å². The Morgan fingerprint density at radius 1 is 1.33 bits per heavy atom. The molecule has 1 atom stereocenters. The number of fused-ring (bicyclic) bond motifs is 1. The molecule has 7 nitrogen and oxygen atoms in total. The Morgan fingerprint density at radius 3 is 2.67 bits per heavy atom. The Bertz CT molecular complexity index is 993. The molecule has 1 aliphatic heterocycles. The van der Waals surface area contributed by atoms with E-state index in [1.54, 1.807) is 12.1 Å². The van der Waals surface area contributed by atoms with E-state index in [-0.39, 0.29) is 22.8 Å². The summed E-state index contributed by atoms with van der Waals surface area (Å²) in [4.78, 5) is 11.1. The van der Waals surface area contributed by atoms with Crippen molar-refractivity contribution in [3.8, 4) is 5.75 Å². The topological polar surface area (TPSA) is 106 Å². The van der Waals surface area contributed by atoms with Gasteiger partial charge in [-0.1, -0.05) is 0 Å². The monoisotopic (exact) mass is 399 g/mol. The van der Waals surface area contributed by atoms with Crippen LogP contribution in [0.3, 0.4) is 0 Å². The quantitative estimate of drug-likeness (QED) is 0.774. The second kappa shape index (κ2) is 6.78. The van der Waals surface area contributed by atoms with E-state index in [1.807, 2.05) is 0 Å². The fourth-order valence-electron chi connectivity index (χ4n) is 2.56. The van der Waals surface area contributed by atoms with Crippen LogP contribution in [0.1, 0.15) is 18.2 Å². The Balaban J connectivity index is 1.92. The normalized spacial score (nSPS) is 17.0. The number of benzene rings is 1. The summed E-state index contributed by atoms with van der Waals surface area (Å²) >= 11 is 0. The molecule has 0 aliphatic carbocycles. The van der Waals surface area contributed by atoms with Crippen molar-refractivity contribution >= 4 is 22.1 Å². The first kappa shape index (κ1) is 19.1. The zero-order valence-electron chi connectivity index (χ0n) is 14.0. The molecule has 3 rings (SSSR count). The summed E-state index contributed by atoms with van der Waals surface area (Å²) in [5.74, 6) is -4.63. The molecule has 2 N–H and O–H groups in total. The van der Waals surface area contributed by atoms with E-state index in [4.69, 9.17) is 9.15 Å². The maximum absolute atomic E-state index is 13.7. The molecule has 27 heavy (non-hydrogen) atoms. The van der Waals surface area contributed by atoms with Crippen LogP contribution in [0.15, 0.2) is 51.5 Å². The minimum absolute atomic E-state index is 0.0310. The lowest BCUT2D eigenvalue weighted by Crippen LogP contribution is -2.41. The molecule has 1 aromatic carbocycles. The predicted molar refractivity (Wildman–Crippen MR) is 89.8 cm³/mol. The van der Waals surface area contributed by atoms with Gasteiger partial charge in [-0.3, -0.25) is 0 Å². The molecule has 2 aromatic rings. The average Bonchev–Trinajstić information content (AvgIpc) is 3.11. The molecule has 1 unspecified atom stereocenters. The highest BCUT2D eigenvalue weighted by Gasteiger charge is 2.44. The molecule has 0 saturated carbocycles. The van der Waals surface area contributed by atoms with E-state index < -0.39 is 33.6 Å². The van der Waals surface area contributed by atoms with Gasteiger partial charge in [0.15, 0.2) is 6.10 Å². The van der Waals surface area contributed by atoms with Crippen molar-refractivity contribution in [3.63, 3.8) is 0 Å². The molecule has 2 heterocycles. The third-order valence-corrected chi connectivity index (χ3v) is 5.25. The maximum Gasteiger partial charge on any atom is 0.335 e. The van der Waals surface area contributed by atoms with Gasteiger partial charge >= 0.3 is 5.97 Å². The number of alkyl halides is 2. The summed E-state index contributed by atoms with van der Waals surface area (Å²) < 4.78 is 64.7. The van der Waals surface area contributed by atoms with Gasteiger partial charge in [-0.05, 0) is 36.4 Å². The van der Waals surface area contributed by atoms with Crippen LogP contribution in [0.4, 0.5) is 8.78 Å². The highest BCUT2D eigenvalue weighted by molar-refractivity contribution is 7.89. The van der Waals surface area contributed by atoms with Crippen LogP contribution in [-0.4, -0.2) is 31.5 Å². The molecular formula is C17H15F2NO6S. The van der Waals surface area contributed by atoms with Crippen LogP contribution in [0, 0.1) is 0 Å². The number of carboxylic acids is 1. The van der Waals surface area contributed by atoms with E-state index in [1.165, 1.54) is 18.4 Å². The molecule has 0 bridgehead atoms. The number of nitrogens with one attached hydrogen (secondary N) is 1. The number of sulfonamides is 1. The van der Waals surface area contributed by atoms with Crippen molar-refractivity contribution in [2.75, 3.05) is 0 Å². The number of hydrogen-bond acceptors (Lipinski definition) is 5. The zero-order chi connectivity index (χ0) is 19.8. The highest BCUT2D eigenvalue weighted by atomic mass is 32.2. The molecule has 1 aliphatic rings. The van der Waals surface area contributed by atoms with E-state index in [9.17, 15) is 27.1 Å². The Labute approximate surface area is 153 Å². The summed E-state index contributed by atoms with van der Waals surface area (Å²) in [6, 6.07) is 6.76.